The van der Waals surface area contributed by atoms with Gasteiger partial charge in [0.2, 0.25) is 5.91 Å². The molecule has 1 amide bonds. The Hall–Kier alpha value is -1.95. The first-order valence-electron chi connectivity index (χ1n) is 9.19. The number of H-pyrrole nitrogens is 1. The van der Waals surface area contributed by atoms with Crippen LogP contribution in [0.4, 0.5) is 4.39 Å². The molecule has 0 radical (unpaired) electrons. The summed E-state index contributed by atoms with van der Waals surface area (Å²) in [6.07, 6.45) is 7.81. The average molecular weight is 345 g/mol. The minimum atomic E-state index is -0.293. The van der Waals surface area contributed by atoms with E-state index in [0.29, 0.717) is 30.8 Å². The Morgan fingerprint density at radius 3 is 3.04 bits per heavy atom. The summed E-state index contributed by atoms with van der Waals surface area (Å²) in [5.41, 5.74) is 1.40. The number of carbonyl (C=O) groups is 1. The van der Waals surface area contributed by atoms with E-state index in [-0.39, 0.29) is 23.4 Å². The fourth-order valence-corrected chi connectivity index (χ4v) is 4.17. The first kappa shape index (κ1) is 16.5. The molecule has 1 atom stereocenters. The van der Waals surface area contributed by atoms with Gasteiger partial charge in [-0.05, 0) is 37.5 Å². The van der Waals surface area contributed by atoms with Crippen LogP contribution >= 0.6 is 0 Å². The Balaban J connectivity index is 1.29. The lowest BCUT2D eigenvalue weighted by atomic mass is 9.82. The maximum absolute atomic E-state index is 13.2. The van der Waals surface area contributed by atoms with Crippen LogP contribution in [0.15, 0.2) is 18.2 Å². The van der Waals surface area contributed by atoms with Gasteiger partial charge in [-0.3, -0.25) is 4.79 Å². The van der Waals surface area contributed by atoms with Crippen LogP contribution < -0.4 is 5.32 Å². The third-order valence-corrected chi connectivity index (χ3v) is 5.42. The summed E-state index contributed by atoms with van der Waals surface area (Å²) in [5, 5.41) is 3.10. The van der Waals surface area contributed by atoms with Gasteiger partial charge in [0.15, 0.2) is 0 Å². The van der Waals surface area contributed by atoms with Crippen molar-refractivity contribution in [1.29, 1.82) is 0 Å². The smallest absolute Gasteiger partial charge is 0.220 e. The molecule has 1 aromatic heterocycles. The summed E-state index contributed by atoms with van der Waals surface area (Å²) < 4.78 is 19.3. The van der Waals surface area contributed by atoms with Crippen LogP contribution in [0, 0.1) is 5.82 Å². The number of imidazole rings is 1. The van der Waals surface area contributed by atoms with Crippen LogP contribution in [0.1, 0.15) is 50.8 Å². The number of aryl methyl sites for hydroxylation is 1. The van der Waals surface area contributed by atoms with E-state index in [9.17, 15) is 9.18 Å². The van der Waals surface area contributed by atoms with Crippen molar-refractivity contribution in [2.75, 3.05) is 6.61 Å². The number of benzene rings is 1. The average Bonchev–Trinajstić information content (AvgIpc) is 3.17. The molecule has 6 heteroatoms. The van der Waals surface area contributed by atoms with Gasteiger partial charge < -0.3 is 15.0 Å². The SMILES string of the molecule is O=C(CCc1nc2ccc(F)cc2[nH]1)NC1COC2(CCCCC2)C1. The second kappa shape index (κ2) is 6.75. The summed E-state index contributed by atoms with van der Waals surface area (Å²) >= 11 is 0. The Morgan fingerprint density at radius 2 is 2.20 bits per heavy atom. The van der Waals surface area contributed by atoms with E-state index < -0.39 is 0 Å². The van der Waals surface area contributed by atoms with Gasteiger partial charge in [-0.15, -0.1) is 0 Å². The Labute approximate surface area is 146 Å². The molecule has 1 aromatic carbocycles. The van der Waals surface area contributed by atoms with E-state index in [2.05, 4.69) is 15.3 Å². The van der Waals surface area contributed by atoms with Crippen LogP contribution in [0.25, 0.3) is 11.0 Å². The molecule has 2 fully saturated rings. The minimum Gasteiger partial charge on any atom is -0.373 e. The number of nitrogens with zero attached hydrogens (tertiary/aromatic N) is 1. The molecule has 2 N–H and O–H groups in total. The monoisotopic (exact) mass is 345 g/mol. The number of hydrogen-bond donors (Lipinski definition) is 2. The highest BCUT2D eigenvalue weighted by Gasteiger charge is 2.41. The number of aromatic amines is 1. The minimum absolute atomic E-state index is 0.0129. The summed E-state index contributed by atoms with van der Waals surface area (Å²) in [6, 6.07) is 4.58. The van der Waals surface area contributed by atoms with Gasteiger partial charge in [0.25, 0.3) is 0 Å². The van der Waals surface area contributed by atoms with Crippen LogP contribution in [-0.2, 0) is 16.0 Å². The van der Waals surface area contributed by atoms with Crippen molar-refractivity contribution in [1.82, 2.24) is 15.3 Å². The van der Waals surface area contributed by atoms with E-state index in [4.69, 9.17) is 4.74 Å². The zero-order chi connectivity index (χ0) is 17.3. The maximum Gasteiger partial charge on any atom is 0.220 e. The number of rotatable bonds is 4. The quantitative estimate of drug-likeness (QED) is 0.894. The summed E-state index contributed by atoms with van der Waals surface area (Å²) in [7, 11) is 0. The van der Waals surface area contributed by atoms with Crippen molar-refractivity contribution in [2.45, 2.75) is 63.0 Å². The number of carbonyl (C=O) groups excluding carboxylic acids is 1. The zero-order valence-electron chi connectivity index (χ0n) is 14.3. The van der Waals surface area contributed by atoms with Crippen molar-refractivity contribution in [3.63, 3.8) is 0 Å². The van der Waals surface area contributed by atoms with Crippen LogP contribution in [0.3, 0.4) is 0 Å². The molecule has 1 saturated heterocycles. The fourth-order valence-electron chi connectivity index (χ4n) is 4.17. The van der Waals surface area contributed by atoms with E-state index in [1.807, 2.05) is 0 Å². The van der Waals surface area contributed by atoms with Gasteiger partial charge in [0, 0.05) is 12.8 Å². The van der Waals surface area contributed by atoms with Crippen molar-refractivity contribution >= 4 is 16.9 Å². The number of hydrogen-bond acceptors (Lipinski definition) is 3. The molecule has 0 bridgehead atoms. The largest absolute Gasteiger partial charge is 0.373 e. The molecule has 1 spiro atoms. The topological polar surface area (TPSA) is 67.0 Å². The molecule has 25 heavy (non-hydrogen) atoms. The standard InChI is InChI=1S/C19H24FN3O2/c20-13-4-5-15-16(10-13)23-17(22-15)6-7-18(24)21-14-11-19(25-12-14)8-2-1-3-9-19/h4-5,10,14H,1-3,6-9,11-12H2,(H,21,24)(H,22,23). The molecule has 5 nitrogen and oxygen atoms in total. The van der Waals surface area contributed by atoms with Crippen molar-refractivity contribution in [3.8, 4) is 0 Å². The molecule has 1 aliphatic carbocycles. The van der Waals surface area contributed by atoms with Crippen LogP contribution in [0.5, 0.6) is 0 Å². The van der Waals surface area contributed by atoms with Crippen molar-refractivity contribution < 1.29 is 13.9 Å². The predicted octanol–water partition coefficient (Wildman–Crippen LogP) is 3.24. The summed E-state index contributed by atoms with van der Waals surface area (Å²) in [4.78, 5) is 19.7. The highest BCUT2D eigenvalue weighted by Crippen LogP contribution is 2.39. The second-order valence-electron chi connectivity index (χ2n) is 7.37. The normalized spacial score (nSPS) is 22.5. The number of halogens is 1. The summed E-state index contributed by atoms with van der Waals surface area (Å²) in [6.45, 7) is 0.621. The van der Waals surface area contributed by atoms with E-state index in [0.717, 1.165) is 24.8 Å². The Kier molecular flexibility index (Phi) is 4.46. The molecule has 2 aromatic rings. The van der Waals surface area contributed by atoms with Gasteiger partial charge in [0.1, 0.15) is 11.6 Å². The first-order valence-corrected chi connectivity index (χ1v) is 9.19. The molecule has 1 aliphatic heterocycles. The van der Waals surface area contributed by atoms with E-state index in [1.165, 1.54) is 31.4 Å². The van der Waals surface area contributed by atoms with Gasteiger partial charge in [-0.2, -0.15) is 0 Å². The van der Waals surface area contributed by atoms with E-state index >= 15 is 0 Å². The van der Waals surface area contributed by atoms with Gasteiger partial charge >= 0.3 is 0 Å². The lowest BCUT2D eigenvalue weighted by molar-refractivity contribution is -0.121. The second-order valence-corrected chi connectivity index (χ2v) is 7.37. The van der Waals surface area contributed by atoms with Crippen LogP contribution in [-0.4, -0.2) is 34.1 Å². The number of fused-ring (bicyclic) bond motifs is 1. The third kappa shape index (κ3) is 3.68. The summed E-state index contributed by atoms with van der Waals surface area (Å²) in [5.74, 6) is 0.439. The van der Waals surface area contributed by atoms with E-state index in [1.54, 1.807) is 6.07 Å². The molecular formula is C19H24FN3O2. The predicted molar refractivity (Wildman–Crippen MR) is 92.7 cm³/mol. The molecule has 4 rings (SSSR count). The van der Waals surface area contributed by atoms with Crippen LogP contribution in [0.2, 0.25) is 0 Å². The number of nitrogens with one attached hydrogen (secondary N) is 2. The Bertz CT molecular complexity index is 767. The van der Waals surface area contributed by atoms with Gasteiger partial charge in [0.05, 0.1) is 29.3 Å². The van der Waals surface area contributed by atoms with Gasteiger partial charge in [-0.1, -0.05) is 19.3 Å². The Morgan fingerprint density at radius 1 is 1.36 bits per heavy atom. The molecular weight excluding hydrogens is 321 g/mol. The third-order valence-electron chi connectivity index (χ3n) is 5.42. The molecule has 2 aliphatic rings. The van der Waals surface area contributed by atoms with Gasteiger partial charge in [-0.25, -0.2) is 9.37 Å². The fraction of sp³-hybridized carbons (Fsp3) is 0.579. The number of amides is 1. The lowest BCUT2D eigenvalue weighted by Gasteiger charge is -2.32. The number of ether oxygens (including phenoxy) is 1. The highest BCUT2D eigenvalue weighted by molar-refractivity contribution is 5.77. The van der Waals surface area contributed by atoms with Crippen molar-refractivity contribution in [2.24, 2.45) is 0 Å². The lowest BCUT2D eigenvalue weighted by Crippen LogP contribution is -2.37. The molecule has 1 unspecified atom stereocenters. The number of aromatic nitrogens is 2. The molecule has 2 heterocycles. The molecule has 1 saturated carbocycles. The maximum atomic E-state index is 13.2. The first-order chi connectivity index (χ1) is 12.1. The highest BCUT2D eigenvalue weighted by atomic mass is 19.1. The van der Waals surface area contributed by atoms with Crippen molar-refractivity contribution in [3.05, 3.63) is 29.8 Å². The molecule has 134 valence electrons. The zero-order valence-corrected chi connectivity index (χ0v) is 14.3.